The molecule has 0 fully saturated rings. The third-order valence-corrected chi connectivity index (χ3v) is 1.77. The summed E-state index contributed by atoms with van der Waals surface area (Å²) in [4.78, 5) is 0. The van der Waals surface area contributed by atoms with E-state index in [-0.39, 0.29) is 0 Å². The molecule has 0 N–H and O–H groups in total. The van der Waals surface area contributed by atoms with Crippen molar-refractivity contribution in [1.29, 1.82) is 0 Å². The quantitative estimate of drug-likeness (QED) is 0.526. The molecule has 0 atom stereocenters. The average molecular weight is 150 g/mol. The van der Waals surface area contributed by atoms with Gasteiger partial charge in [0.2, 0.25) is 0 Å². The molecule has 9 heavy (non-hydrogen) atoms. The maximum atomic E-state index is 4.86. The van der Waals surface area contributed by atoms with Crippen LogP contribution < -0.4 is 0 Å². The van der Waals surface area contributed by atoms with Crippen molar-refractivity contribution in [3.63, 3.8) is 0 Å². The van der Waals surface area contributed by atoms with Gasteiger partial charge < -0.3 is 9.47 Å². The van der Waals surface area contributed by atoms with Crippen LogP contribution in [0.3, 0.4) is 0 Å². The van der Waals surface area contributed by atoms with Gasteiger partial charge in [-0.15, -0.1) is 0 Å². The summed E-state index contributed by atoms with van der Waals surface area (Å²) in [6, 6.07) is 0. The van der Waals surface area contributed by atoms with Gasteiger partial charge in [-0.25, -0.2) is 0 Å². The van der Waals surface area contributed by atoms with E-state index in [0.717, 1.165) is 24.7 Å². The van der Waals surface area contributed by atoms with Gasteiger partial charge in [-0.2, -0.15) is 11.8 Å². The Morgan fingerprint density at radius 3 is 1.78 bits per heavy atom. The van der Waals surface area contributed by atoms with E-state index in [1.54, 1.807) is 14.2 Å². The van der Waals surface area contributed by atoms with Crippen LogP contribution in [0, 0.1) is 0 Å². The van der Waals surface area contributed by atoms with Crippen molar-refractivity contribution in [2.45, 2.75) is 0 Å². The Morgan fingerprint density at radius 1 is 1.00 bits per heavy atom. The molecule has 0 aromatic rings. The molecule has 0 saturated heterocycles. The number of hydrogen-bond donors (Lipinski definition) is 0. The minimum atomic E-state index is 0.842. The van der Waals surface area contributed by atoms with Crippen LogP contribution in [-0.4, -0.2) is 38.9 Å². The summed E-state index contributed by atoms with van der Waals surface area (Å²) in [6.07, 6.45) is 0. The molecule has 3 heteroatoms. The monoisotopic (exact) mass is 150 g/mol. The Labute approximate surface area is 60.9 Å². The molecule has 0 amide bonds. The van der Waals surface area contributed by atoms with Crippen LogP contribution in [0.5, 0.6) is 0 Å². The van der Waals surface area contributed by atoms with Crippen LogP contribution in [0.2, 0.25) is 0 Å². The summed E-state index contributed by atoms with van der Waals surface area (Å²) in [6.45, 7) is 1.68. The summed E-state index contributed by atoms with van der Waals surface area (Å²) >= 11 is 1.85. The molecule has 0 aliphatic rings. The predicted molar refractivity (Wildman–Crippen MR) is 41.1 cm³/mol. The van der Waals surface area contributed by atoms with E-state index in [1.165, 1.54) is 0 Å². The van der Waals surface area contributed by atoms with Gasteiger partial charge in [0.25, 0.3) is 0 Å². The molecule has 0 aromatic carbocycles. The van der Waals surface area contributed by atoms with Crippen molar-refractivity contribution in [3.05, 3.63) is 0 Å². The van der Waals surface area contributed by atoms with E-state index in [9.17, 15) is 0 Å². The standard InChI is InChI=1S/C6H14O2S/c1-7-3-5-9-6-4-8-2/h3-6H2,1-2H3. The van der Waals surface area contributed by atoms with Crippen molar-refractivity contribution in [3.8, 4) is 0 Å². The van der Waals surface area contributed by atoms with Gasteiger partial charge in [-0.05, 0) is 0 Å². The summed E-state index contributed by atoms with van der Waals surface area (Å²) < 4.78 is 9.72. The van der Waals surface area contributed by atoms with E-state index in [0.29, 0.717) is 0 Å². The largest absolute Gasteiger partial charge is 0.384 e. The first-order valence-corrected chi connectivity index (χ1v) is 4.13. The lowest BCUT2D eigenvalue weighted by Gasteiger charge is -1.98. The van der Waals surface area contributed by atoms with Crippen molar-refractivity contribution < 1.29 is 9.47 Å². The summed E-state index contributed by atoms with van der Waals surface area (Å²) in [5.41, 5.74) is 0. The van der Waals surface area contributed by atoms with Gasteiger partial charge in [0.05, 0.1) is 13.2 Å². The van der Waals surface area contributed by atoms with Crippen molar-refractivity contribution in [2.24, 2.45) is 0 Å². The summed E-state index contributed by atoms with van der Waals surface area (Å²) in [5, 5.41) is 0. The fourth-order valence-corrected chi connectivity index (χ4v) is 1.16. The minimum absolute atomic E-state index is 0.842. The molecule has 0 aliphatic heterocycles. The first-order chi connectivity index (χ1) is 4.41. The fourth-order valence-electron chi connectivity index (χ4n) is 0.387. The normalized spacial score (nSPS) is 10.0. The maximum absolute atomic E-state index is 4.86. The zero-order valence-electron chi connectivity index (χ0n) is 6.05. The topological polar surface area (TPSA) is 18.5 Å². The number of methoxy groups -OCH3 is 2. The molecule has 0 rings (SSSR count). The van der Waals surface area contributed by atoms with E-state index in [2.05, 4.69) is 0 Å². The lowest BCUT2D eigenvalue weighted by Crippen LogP contribution is -1.96. The lowest BCUT2D eigenvalue weighted by molar-refractivity contribution is 0.215. The number of ether oxygens (including phenoxy) is 2. The first kappa shape index (κ1) is 9.27. The number of rotatable bonds is 6. The van der Waals surface area contributed by atoms with Gasteiger partial charge in [0.15, 0.2) is 0 Å². The van der Waals surface area contributed by atoms with Crippen LogP contribution in [0.4, 0.5) is 0 Å². The third kappa shape index (κ3) is 8.27. The molecule has 0 bridgehead atoms. The van der Waals surface area contributed by atoms with Crippen LogP contribution >= 0.6 is 11.8 Å². The van der Waals surface area contributed by atoms with Crippen LogP contribution in [0.15, 0.2) is 0 Å². The van der Waals surface area contributed by atoms with Gasteiger partial charge >= 0.3 is 0 Å². The molecule has 0 aromatic heterocycles. The Morgan fingerprint density at radius 2 is 1.44 bits per heavy atom. The maximum Gasteiger partial charge on any atom is 0.0552 e. The SMILES string of the molecule is COCCSCCOC. The van der Waals surface area contributed by atoms with Crippen molar-refractivity contribution in [2.75, 3.05) is 38.9 Å². The van der Waals surface area contributed by atoms with Crippen LogP contribution in [-0.2, 0) is 9.47 Å². The molecule has 0 radical (unpaired) electrons. The fraction of sp³-hybridized carbons (Fsp3) is 1.00. The van der Waals surface area contributed by atoms with Gasteiger partial charge in [-0.3, -0.25) is 0 Å². The highest BCUT2D eigenvalue weighted by molar-refractivity contribution is 7.99. The second-order valence-corrected chi connectivity index (χ2v) is 2.82. The highest BCUT2D eigenvalue weighted by Crippen LogP contribution is 1.97. The molecule has 0 unspecified atom stereocenters. The summed E-state index contributed by atoms with van der Waals surface area (Å²) in [7, 11) is 3.44. The Balaban J connectivity index is 2.60. The molecule has 56 valence electrons. The molecule has 2 nitrogen and oxygen atoms in total. The van der Waals surface area contributed by atoms with Crippen molar-refractivity contribution in [1.82, 2.24) is 0 Å². The van der Waals surface area contributed by atoms with E-state index in [1.807, 2.05) is 11.8 Å². The van der Waals surface area contributed by atoms with E-state index < -0.39 is 0 Å². The molecule has 0 saturated carbocycles. The summed E-state index contributed by atoms with van der Waals surface area (Å²) in [5.74, 6) is 2.14. The highest BCUT2D eigenvalue weighted by atomic mass is 32.2. The molecule has 0 spiro atoms. The smallest absolute Gasteiger partial charge is 0.0552 e. The highest BCUT2D eigenvalue weighted by Gasteiger charge is 1.85. The predicted octanol–water partition coefficient (Wildman–Crippen LogP) is 1.01. The van der Waals surface area contributed by atoms with Crippen LogP contribution in [0.25, 0.3) is 0 Å². The second-order valence-electron chi connectivity index (χ2n) is 1.60. The van der Waals surface area contributed by atoms with Crippen molar-refractivity contribution >= 4 is 11.8 Å². The molecular formula is C6H14O2S. The second kappa shape index (κ2) is 8.27. The average Bonchev–Trinajstić information content (AvgIpc) is 1.89. The zero-order chi connectivity index (χ0) is 6.95. The molecule has 0 heterocycles. The van der Waals surface area contributed by atoms with Gasteiger partial charge in [0.1, 0.15) is 0 Å². The third-order valence-electron chi connectivity index (χ3n) is 0.864. The van der Waals surface area contributed by atoms with Gasteiger partial charge in [0, 0.05) is 25.7 Å². The Bertz CT molecular complexity index is 44.3. The molecular weight excluding hydrogens is 136 g/mol. The molecule has 0 aliphatic carbocycles. The number of thioether (sulfide) groups is 1. The Kier molecular flexibility index (Phi) is 8.52. The zero-order valence-corrected chi connectivity index (χ0v) is 6.87. The van der Waals surface area contributed by atoms with E-state index in [4.69, 9.17) is 9.47 Å². The Hall–Kier alpha value is 0.270. The lowest BCUT2D eigenvalue weighted by atomic mass is 10.8. The first-order valence-electron chi connectivity index (χ1n) is 2.97. The van der Waals surface area contributed by atoms with Crippen LogP contribution in [0.1, 0.15) is 0 Å². The number of hydrogen-bond acceptors (Lipinski definition) is 3. The minimum Gasteiger partial charge on any atom is -0.384 e. The van der Waals surface area contributed by atoms with E-state index >= 15 is 0 Å². The van der Waals surface area contributed by atoms with Gasteiger partial charge in [-0.1, -0.05) is 0 Å².